The second kappa shape index (κ2) is 5.68. The fourth-order valence-electron chi connectivity index (χ4n) is 2.78. The Kier molecular flexibility index (Phi) is 4.36. The zero-order valence-electron chi connectivity index (χ0n) is 11.7. The van der Waals surface area contributed by atoms with E-state index >= 15 is 0 Å². The topological polar surface area (TPSA) is 21.3 Å². The summed E-state index contributed by atoms with van der Waals surface area (Å²) in [7, 11) is 0. The van der Waals surface area contributed by atoms with Gasteiger partial charge in [-0.2, -0.15) is 0 Å². The summed E-state index contributed by atoms with van der Waals surface area (Å²) < 4.78 is 19.6. The molecule has 3 unspecified atom stereocenters. The van der Waals surface area contributed by atoms with Crippen molar-refractivity contribution in [2.75, 3.05) is 11.9 Å². The van der Waals surface area contributed by atoms with E-state index in [0.717, 1.165) is 19.4 Å². The largest absolute Gasteiger partial charge is 0.379 e. The number of halogens is 2. The molecular formula is C15H21ClFNO. The van der Waals surface area contributed by atoms with Gasteiger partial charge in [0.05, 0.1) is 16.8 Å². The Morgan fingerprint density at radius 3 is 2.84 bits per heavy atom. The van der Waals surface area contributed by atoms with Gasteiger partial charge in [-0.1, -0.05) is 31.5 Å². The first-order chi connectivity index (χ1) is 9.02. The van der Waals surface area contributed by atoms with Crippen LogP contribution in [0.15, 0.2) is 18.2 Å². The van der Waals surface area contributed by atoms with Crippen molar-refractivity contribution in [3.63, 3.8) is 0 Å². The molecule has 0 saturated heterocycles. The molecule has 1 aromatic carbocycles. The maximum absolute atomic E-state index is 13.9. The molecule has 1 N–H and O–H groups in total. The van der Waals surface area contributed by atoms with Crippen molar-refractivity contribution >= 4 is 17.3 Å². The quantitative estimate of drug-likeness (QED) is 0.861. The minimum atomic E-state index is -0.373. The molecule has 2 nitrogen and oxygen atoms in total. The predicted molar refractivity (Wildman–Crippen MR) is 77.2 cm³/mol. The molecule has 0 spiro atoms. The summed E-state index contributed by atoms with van der Waals surface area (Å²) in [6.45, 7) is 7.07. The van der Waals surface area contributed by atoms with Crippen LogP contribution in [0.3, 0.4) is 0 Å². The molecule has 1 aromatic rings. The molecular weight excluding hydrogens is 265 g/mol. The van der Waals surface area contributed by atoms with Gasteiger partial charge < -0.3 is 10.1 Å². The van der Waals surface area contributed by atoms with Crippen LogP contribution in [0, 0.1) is 11.2 Å². The highest BCUT2D eigenvalue weighted by Gasteiger charge is 2.51. The minimum Gasteiger partial charge on any atom is -0.379 e. The molecule has 4 heteroatoms. The van der Waals surface area contributed by atoms with Gasteiger partial charge in [0.2, 0.25) is 0 Å². The molecule has 0 amide bonds. The molecule has 19 heavy (non-hydrogen) atoms. The van der Waals surface area contributed by atoms with Gasteiger partial charge in [0.25, 0.3) is 0 Å². The SMILES string of the molecule is CCOC1CC(Nc2cccc(Cl)c2F)C1(C)CC. The van der Waals surface area contributed by atoms with E-state index in [2.05, 4.69) is 19.2 Å². The van der Waals surface area contributed by atoms with E-state index in [-0.39, 0.29) is 28.4 Å². The number of nitrogens with one attached hydrogen (secondary N) is 1. The van der Waals surface area contributed by atoms with Gasteiger partial charge in [-0.3, -0.25) is 0 Å². The Balaban J connectivity index is 2.10. The van der Waals surface area contributed by atoms with E-state index in [1.54, 1.807) is 18.2 Å². The smallest absolute Gasteiger partial charge is 0.164 e. The van der Waals surface area contributed by atoms with Crippen LogP contribution < -0.4 is 5.32 Å². The molecule has 0 aliphatic heterocycles. The highest BCUT2D eigenvalue weighted by molar-refractivity contribution is 6.31. The second-order valence-corrected chi connectivity index (χ2v) is 5.74. The molecule has 1 fully saturated rings. The van der Waals surface area contributed by atoms with Crippen molar-refractivity contribution in [3.8, 4) is 0 Å². The van der Waals surface area contributed by atoms with Crippen LogP contribution in [0.2, 0.25) is 5.02 Å². The molecule has 0 radical (unpaired) electrons. The van der Waals surface area contributed by atoms with Crippen molar-refractivity contribution in [2.45, 2.75) is 45.8 Å². The fourth-order valence-corrected chi connectivity index (χ4v) is 2.95. The van der Waals surface area contributed by atoms with Crippen LogP contribution in [0.5, 0.6) is 0 Å². The van der Waals surface area contributed by atoms with E-state index in [1.165, 1.54) is 0 Å². The van der Waals surface area contributed by atoms with Crippen molar-refractivity contribution in [3.05, 3.63) is 29.0 Å². The number of hydrogen-bond donors (Lipinski definition) is 1. The Bertz CT molecular complexity index is 454. The lowest BCUT2D eigenvalue weighted by molar-refractivity contribution is -0.109. The van der Waals surface area contributed by atoms with Gasteiger partial charge in [-0.15, -0.1) is 0 Å². The number of hydrogen-bond acceptors (Lipinski definition) is 2. The third kappa shape index (κ3) is 2.59. The average molecular weight is 286 g/mol. The van der Waals surface area contributed by atoms with Crippen LogP contribution in [0.4, 0.5) is 10.1 Å². The zero-order chi connectivity index (χ0) is 14.0. The number of rotatable bonds is 5. The molecule has 2 rings (SSSR count). The van der Waals surface area contributed by atoms with Crippen molar-refractivity contribution in [1.82, 2.24) is 0 Å². The third-order valence-electron chi connectivity index (χ3n) is 4.39. The summed E-state index contributed by atoms with van der Waals surface area (Å²) in [5, 5.41) is 3.43. The van der Waals surface area contributed by atoms with Crippen molar-refractivity contribution in [1.29, 1.82) is 0 Å². The highest BCUT2D eigenvalue weighted by Crippen LogP contribution is 2.47. The Labute approximate surface area is 119 Å². The van der Waals surface area contributed by atoms with E-state index < -0.39 is 0 Å². The van der Waals surface area contributed by atoms with Crippen LogP contribution in [0.25, 0.3) is 0 Å². The Hall–Kier alpha value is -0.800. The van der Waals surface area contributed by atoms with Crippen LogP contribution in [-0.2, 0) is 4.74 Å². The van der Waals surface area contributed by atoms with Gasteiger partial charge in [-0.05, 0) is 31.9 Å². The van der Waals surface area contributed by atoms with Crippen LogP contribution >= 0.6 is 11.6 Å². The number of anilines is 1. The van der Waals surface area contributed by atoms with Gasteiger partial charge >= 0.3 is 0 Å². The molecule has 1 aliphatic carbocycles. The van der Waals surface area contributed by atoms with E-state index in [4.69, 9.17) is 16.3 Å². The first-order valence-electron chi connectivity index (χ1n) is 6.85. The summed E-state index contributed by atoms with van der Waals surface area (Å²) in [4.78, 5) is 0. The van der Waals surface area contributed by atoms with E-state index in [0.29, 0.717) is 5.69 Å². The standard InChI is InChI=1S/C15H21ClFNO/c1-4-15(3)12(9-13(15)19-5-2)18-11-8-6-7-10(16)14(11)17/h6-8,12-13,18H,4-5,9H2,1-3H3. The molecule has 0 heterocycles. The van der Waals surface area contributed by atoms with Crippen LogP contribution in [-0.4, -0.2) is 18.8 Å². The Morgan fingerprint density at radius 2 is 2.21 bits per heavy atom. The maximum atomic E-state index is 13.9. The predicted octanol–water partition coefficient (Wildman–Crippen LogP) is 4.48. The summed E-state index contributed by atoms with van der Waals surface area (Å²) in [5.74, 6) is -0.373. The number of benzene rings is 1. The van der Waals surface area contributed by atoms with Crippen LogP contribution in [0.1, 0.15) is 33.6 Å². The zero-order valence-corrected chi connectivity index (χ0v) is 12.4. The number of ether oxygens (including phenoxy) is 1. The third-order valence-corrected chi connectivity index (χ3v) is 4.68. The minimum absolute atomic E-state index is 0.0464. The lowest BCUT2D eigenvalue weighted by Gasteiger charge is -2.53. The first-order valence-corrected chi connectivity index (χ1v) is 7.22. The summed E-state index contributed by atoms with van der Waals surface area (Å²) >= 11 is 5.80. The lowest BCUT2D eigenvalue weighted by atomic mass is 9.61. The highest BCUT2D eigenvalue weighted by atomic mass is 35.5. The maximum Gasteiger partial charge on any atom is 0.164 e. The molecule has 0 aromatic heterocycles. The monoisotopic (exact) mass is 285 g/mol. The fraction of sp³-hybridized carbons (Fsp3) is 0.600. The summed E-state index contributed by atoms with van der Waals surface area (Å²) in [6.07, 6.45) is 2.16. The molecule has 106 valence electrons. The summed E-state index contributed by atoms with van der Waals surface area (Å²) in [5.41, 5.74) is 0.525. The lowest BCUT2D eigenvalue weighted by Crippen LogP contribution is -2.59. The second-order valence-electron chi connectivity index (χ2n) is 5.34. The summed E-state index contributed by atoms with van der Waals surface area (Å²) in [6, 6.07) is 5.27. The normalized spacial score (nSPS) is 29.9. The van der Waals surface area contributed by atoms with Crippen molar-refractivity contribution < 1.29 is 9.13 Å². The molecule has 1 saturated carbocycles. The van der Waals surface area contributed by atoms with Gasteiger partial charge in [-0.25, -0.2) is 4.39 Å². The van der Waals surface area contributed by atoms with E-state index in [1.807, 2.05) is 6.92 Å². The van der Waals surface area contributed by atoms with Gasteiger partial charge in [0, 0.05) is 18.1 Å². The molecule has 1 aliphatic rings. The molecule has 3 atom stereocenters. The first kappa shape index (κ1) is 14.6. The van der Waals surface area contributed by atoms with E-state index in [9.17, 15) is 4.39 Å². The van der Waals surface area contributed by atoms with Gasteiger partial charge in [0.15, 0.2) is 5.82 Å². The van der Waals surface area contributed by atoms with Crippen molar-refractivity contribution in [2.24, 2.45) is 5.41 Å². The molecule has 0 bridgehead atoms. The van der Waals surface area contributed by atoms with Gasteiger partial charge in [0.1, 0.15) is 0 Å². The average Bonchev–Trinajstić information content (AvgIpc) is 2.41. The Morgan fingerprint density at radius 1 is 1.47 bits per heavy atom.